The molecule has 1 fully saturated rings. The maximum Gasteiger partial charge on any atom is 0.345 e. The van der Waals surface area contributed by atoms with Crippen molar-refractivity contribution in [3.63, 3.8) is 0 Å². The molecule has 0 spiro atoms. The Kier molecular flexibility index (Phi) is 8.32. The summed E-state index contributed by atoms with van der Waals surface area (Å²) in [6.45, 7) is 2.10. The lowest BCUT2D eigenvalue weighted by molar-refractivity contribution is -0.138. The van der Waals surface area contributed by atoms with Gasteiger partial charge < -0.3 is 19.9 Å². The number of carbonyl (C=O) groups is 3. The van der Waals surface area contributed by atoms with E-state index in [1.54, 1.807) is 19.1 Å². The molecule has 1 atom stereocenters. The van der Waals surface area contributed by atoms with Crippen molar-refractivity contribution in [1.29, 1.82) is 0 Å². The molecule has 172 valence electrons. The smallest absolute Gasteiger partial charge is 0.345 e. The van der Waals surface area contributed by atoms with Gasteiger partial charge >= 0.3 is 11.9 Å². The van der Waals surface area contributed by atoms with Gasteiger partial charge in [-0.05, 0) is 48.9 Å². The lowest BCUT2D eigenvalue weighted by atomic mass is 10.2. The molecule has 1 amide bonds. The van der Waals surface area contributed by atoms with E-state index in [1.165, 1.54) is 30.5 Å². The summed E-state index contributed by atoms with van der Waals surface area (Å²) in [5, 5.41) is 19.1. The van der Waals surface area contributed by atoms with E-state index in [0.29, 0.717) is 22.9 Å². The summed E-state index contributed by atoms with van der Waals surface area (Å²) >= 11 is 12.9. The molecule has 0 bridgehead atoms. The molecule has 2 N–H and O–H groups in total. The number of carbonyl (C=O) groups excluding carboxylic acids is 2. The monoisotopic (exact) mass is 509 g/mol. The molecule has 0 aliphatic carbocycles. The van der Waals surface area contributed by atoms with Crippen LogP contribution in [0.4, 0.5) is 0 Å². The molecule has 0 radical (unpaired) electrons. The third-order valence-electron chi connectivity index (χ3n) is 4.11. The minimum Gasteiger partial charge on any atom is -0.490 e. The van der Waals surface area contributed by atoms with Crippen LogP contribution in [0.25, 0.3) is 0 Å². The van der Waals surface area contributed by atoms with E-state index in [0.717, 1.165) is 11.8 Å². The number of nitrogens with one attached hydrogen (secondary N) is 1. The van der Waals surface area contributed by atoms with Crippen molar-refractivity contribution < 1.29 is 29.0 Å². The topological polar surface area (TPSA) is 127 Å². The summed E-state index contributed by atoms with van der Waals surface area (Å²) in [6.07, 6.45) is 1.10. The Labute approximate surface area is 202 Å². The van der Waals surface area contributed by atoms with E-state index in [9.17, 15) is 14.4 Å². The molecule has 12 heteroatoms. The van der Waals surface area contributed by atoms with Crippen molar-refractivity contribution in [3.8, 4) is 11.5 Å². The number of benzene rings is 2. The number of amidine groups is 1. The van der Waals surface area contributed by atoms with Crippen molar-refractivity contribution >= 4 is 64.2 Å². The number of ether oxygens (including phenoxy) is 2. The number of nitrogens with zero attached hydrogens (tertiary/aromatic N) is 2. The summed E-state index contributed by atoms with van der Waals surface area (Å²) in [6, 6.07) is 9.21. The van der Waals surface area contributed by atoms with Crippen molar-refractivity contribution in [2.24, 2.45) is 10.2 Å². The number of aliphatic carboxylic acids is 1. The van der Waals surface area contributed by atoms with E-state index in [-0.39, 0.29) is 27.9 Å². The Morgan fingerprint density at radius 1 is 1.21 bits per heavy atom. The van der Waals surface area contributed by atoms with Crippen LogP contribution in [0.2, 0.25) is 10.0 Å². The summed E-state index contributed by atoms with van der Waals surface area (Å²) in [7, 11) is 0. The molecule has 1 saturated heterocycles. The molecule has 0 saturated carbocycles. The number of rotatable bonds is 8. The number of hydrogen-bond acceptors (Lipinski definition) is 8. The number of halogens is 2. The van der Waals surface area contributed by atoms with Gasteiger partial charge in [0.05, 0.1) is 29.8 Å². The maximum absolute atomic E-state index is 12.5. The van der Waals surface area contributed by atoms with E-state index < -0.39 is 23.1 Å². The average Bonchev–Trinajstić information content (AvgIpc) is 3.08. The van der Waals surface area contributed by atoms with Crippen molar-refractivity contribution in [2.75, 3.05) is 6.61 Å². The third kappa shape index (κ3) is 6.70. The number of carboxylic acid groups (broad SMARTS) is 1. The van der Waals surface area contributed by atoms with Crippen LogP contribution >= 0.6 is 35.0 Å². The van der Waals surface area contributed by atoms with E-state index in [1.807, 2.05) is 0 Å². The molecule has 0 aromatic heterocycles. The molecule has 9 nitrogen and oxygen atoms in total. The highest BCUT2D eigenvalue weighted by atomic mass is 35.5. The molecule has 2 aromatic rings. The fraction of sp³-hybridized carbons (Fsp3) is 0.190. The lowest BCUT2D eigenvalue weighted by Gasteiger charge is -2.12. The second-order valence-electron chi connectivity index (χ2n) is 6.50. The Bertz CT molecular complexity index is 1150. The summed E-state index contributed by atoms with van der Waals surface area (Å²) in [4.78, 5) is 35.0. The number of hydrogen-bond donors (Lipinski definition) is 2. The van der Waals surface area contributed by atoms with E-state index >= 15 is 0 Å². The largest absolute Gasteiger partial charge is 0.490 e. The third-order valence-corrected chi connectivity index (χ3v) is 5.73. The highest BCUT2D eigenvalue weighted by Gasteiger charge is 2.32. The molecule has 1 heterocycles. The van der Waals surface area contributed by atoms with Gasteiger partial charge in [0.1, 0.15) is 5.25 Å². The fourth-order valence-electron chi connectivity index (χ4n) is 2.66. The van der Waals surface area contributed by atoms with Crippen LogP contribution in [0.1, 0.15) is 29.3 Å². The van der Waals surface area contributed by atoms with Gasteiger partial charge in [0.15, 0.2) is 16.7 Å². The van der Waals surface area contributed by atoms with Crippen LogP contribution in [-0.2, 0) is 9.59 Å². The second-order valence-corrected chi connectivity index (χ2v) is 8.53. The second kappa shape index (κ2) is 11.2. The van der Waals surface area contributed by atoms with Crippen LogP contribution in [0.5, 0.6) is 11.5 Å². The number of amides is 1. The lowest BCUT2D eigenvalue weighted by Crippen LogP contribution is -2.26. The minimum absolute atomic E-state index is 0.155. The van der Waals surface area contributed by atoms with Gasteiger partial charge in [-0.3, -0.25) is 9.59 Å². The van der Waals surface area contributed by atoms with Crippen LogP contribution in [-0.4, -0.2) is 46.2 Å². The van der Waals surface area contributed by atoms with Crippen molar-refractivity contribution in [2.45, 2.75) is 18.6 Å². The SMILES string of the molecule is CCOc1cc(C=NN=C2NC(=O)C(CC(=O)O)S2)ccc1OC(=O)c1ccc(Cl)cc1Cl. The first-order valence-corrected chi connectivity index (χ1v) is 11.1. The Balaban J connectivity index is 1.72. The predicted molar refractivity (Wildman–Crippen MR) is 126 cm³/mol. The molecule has 1 unspecified atom stereocenters. The Morgan fingerprint density at radius 2 is 2.00 bits per heavy atom. The molecular weight excluding hydrogens is 493 g/mol. The van der Waals surface area contributed by atoms with Gasteiger partial charge in [0.25, 0.3) is 0 Å². The molecular formula is C21H17Cl2N3O6S. The van der Waals surface area contributed by atoms with Gasteiger partial charge in [0, 0.05) is 5.02 Å². The first-order chi connectivity index (χ1) is 15.8. The average molecular weight is 510 g/mol. The highest BCUT2D eigenvalue weighted by Crippen LogP contribution is 2.30. The van der Waals surface area contributed by atoms with Crippen LogP contribution in [0.3, 0.4) is 0 Å². The first-order valence-electron chi connectivity index (χ1n) is 9.51. The van der Waals surface area contributed by atoms with E-state index in [2.05, 4.69) is 15.5 Å². The van der Waals surface area contributed by atoms with Gasteiger partial charge in [-0.1, -0.05) is 35.0 Å². The number of thioether (sulfide) groups is 1. The normalized spacial score (nSPS) is 16.8. The van der Waals surface area contributed by atoms with Crippen LogP contribution in [0, 0.1) is 0 Å². The highest BCUT2D eigenvalue weighted by molar-refractivity contribution is 8.15. The van der Waals surface area contributed by atoms with Crippen molar-refractivity contribution in [1.82, 2.24) is 5.32 Å². The predicted octanol–water partition coefficient (Wildman–Crippen LogP) is 4.01. The summed E-state index contributed by atoms with van der Waals surface area (Å²) in [5.74, 6) is -1.68. The van der Waals surface area contributed by atoms with Crippen molar-refractivity contribution in [3.05, 3.63) is 57.6 Å². The fourth-order valence-corrected chi connectivity index (χ4v) is 4.06. The summed E-state index contributed by atoms with van der Waals surface area (Å²) < 4.78 is 11.0. The molecule has 2 aromatic carbocycles. The molecule has 1 aliphatic rings. The van der Waals surface area contributed by atoms with Gasteiger partial charge in [-0.2, -0.15) is 5.10 Å². The number of carboxylic acids is 1. The maximum atomic E-state index is 12.5. The number of esters is 1. The van der Waals surface area contributed by atoms with Crippen LogP contribution in [0.15, 0.2) is 46.6 Å². The van der Waals surface area contributed by atoms with Gasteiger partial charge in [0.2, 0.25) is 5.91 Å². The Morgan fingerprint density at radius 3 is 2.70 bits per heavy atom. The zero-order valence-electron chi connectivity index (χ0n) is 17.1. The summed E-state index contributed by atoms with van der Waals surface area (Å²) in [5.41, 5.74) is 0.742. The standard InChI is InChI=1S/C21H17Cl2N3O6S/c1-2-31-16-7-11(10-24-26-21-25-19(29)17(33-21)9-18(27)28)3-6-15(16)32-20(30)13-5-4-12(22)8-14(13)23/h3-8,10,17H,2,9H2,1H3,(H,27,28)(H,25,26,29). The van der Waals surface area contributed by atoms with E-state index in [4.69, 9.17) is 37.8 Å². The zero-order valence-corrected chi connectivity index (χ0v) is 19.4. The quantitative estimate of drug-likeness (QED) is 0.238. The van der Waals surface area contributed by atoms with Crippen LogP contribution < -0.4 is 14.8 Å². The molecule has 33 heavy (non-hydrogen) atoms. The Hall–Kier alpha value is -3.08. The zero-order chi connectivity index (χ0) is 24.0. The van der Waals surface area contributed by atoms with Gasteiger partial charge in [-0.15, -0.1) is 5.10 Å². The minimum atomic E-state index is -1.07. The molecule has 3 rings (SSSR count). The van der Waals surface area contributed by atoms with Gasteiger partial charge in [-0.25, -0.2) is 4.79 Å². The molecule has 1 aliphatic heterocycles. The first kappa shape index (κ1) is 24.6.